The van der Waals surface area contributed by atoms with Gasteiger partial charge in [-0.25, -0.2) is 0 Å². The highest BCUT2D eigenvalue weighted by Gasteiger charge is 2.02. The Morgan fingerprint density at radius 2 is 1.82 bits per heavy atom. The van der Waals surface area contributed by atoms with E-state index in [1.165, 1.54) is 44.9 Å². The first-order chi connectivity index (χ1) is 8.24. The molecule has 0 bridgehead atoms. The van der Waals surface area contributed by atoms with Crippen LogP contribution in [0.3, 0.4) is 0 Å². The second-order valence-corrected chi connectivity index (χ2v) is 4.93. The lowest BCUT2D eigenvalue weighted by Crippen LogP contribution is -1.94. The van der Waals surface area contributed by atoms with Crippen LogP contribution in [0.5, 0.6) is 0 Å². The van der Waals surface area contributed by atoms with Gasteiger partial charge >= 0.3 is 0 Å². The Bertz CT molecular complexity index is 222. The lowest BCUT2D eigenvalue weighted by molar-refractivity contribution is 0.616. The molecule has 0 aliphatic rings. The maximum atomic E-state index is 3.87. The SMILES string of the molecule is C=CCCCCCCC(=CCC)CC(C)C=C. The first-order valence-electron chi connectivity index (χ1n) is 7.15. The highest BCUT2D eigenvalue weighted by molar-refractivity contribution is 5.04. The van der Waals surface area contributed by atoms with Crippen molar-refractivity contribution >= 4 is 0 Å². The van der Waals surface area contributed by atoms with Crippen LogP contribution in [0.4, 0.5) is 0 Å². The van der Waals surface area contributed by atoms with Crippen molar-refractivity contribution in [3.8, 4) is 0 Å². The third-order valence-electron chi connectivity index (χ3n) is 3.14. The zero-order valence-electron chi connectivity index (χ0n) is 11.9. The van der Waals surface area contributed by atoms with Crippen molar-refractivity contribution in [1.29, 1.82) is 0 Å². The van der Waals surface area contributed by atoms with Gasteiger partial charge < -0.3 is 0 Å². The smallest absolute Gasteiger partial charge is 0.0227 e. The molecule has 0 aromatic heterocycles. The molecule has 0 nitrogen and oxygen atoms in total. The molecule has 0 heterocycles. The minimum absolute atomic E-state index is 0.619. The molecule has 0 fully saturated rings. The summed E-state index contributed by atoms with van der Waals surface area (Å²) >= 11 is 0. The van der Waals surface area contributed by atoms with Gasteiger partial charge in [-0.3, -0.25) is 0 Å². The second-order valence-electron chi connectivity index (χ2n) is 4.93. The van der Waals surface area contributed by atoms with E-state index in [0.29, 0.717) is 5.92 Å². The summed E-state index contributed by atoms with van der Waals surface area (Å²) in [6.07, 6.45) is 16.7. The van der Waals surface area contributed by atoms with Crippen LogP contribution in [0.25, 0.3) is 0 Å². The predicted octanol–water partition coefficient (Wildman–Crippen LogP) is 6.06. The molecule has 0 aromatic carbocycles. The number of hydrogen-bond donors (Lipinski definition) is 0. The van der Waals surface area contributed by atoms with Gasteiger partial charge in [-0.05, 0) is 44.4 Å². The Kier molecular flexibility index (Phi) is 11.2. The van der Waals surface area contributed by atoms with E-state index < -0.39 is 0 Å². The average molecular weight is 234 g/mol. The van der Waals surface area contributed by atoms with Crippen LogP contribution < -0.4 is 0 Å². The summed E-state index contributed by atoms with van der Waals surface area (Å²) < 4.78 is 0. The number of allylic oxidation sites excluding steroid dienone is 4. The van der Waals surface area contributed by atoms with Crippen LogP contribution >= 0.6 is 0 Å². The third-order valence-corrected chi connectivity index (χ3v) is 3.14. The van der Waals surface area contributed by atoms with E-state index in [0.717, 1.165) is 6.42 Å². The Morgan fingerprint density at radius 1 is 1.12 bits per heavy atom. The second kappa shape index (κ2) is 11.7. The number of unbranched alkanes of at least 4 members (excludes halogenated alkanes) is 4. The standard InChI is InChI=1S/C17H30/c1-5-8-9-10-11-12-14-17(13-6-2)15-16(4)7-3/h5,7,13,16H,1,3,6,8-12,14-15H2,2,4H3. The predicted molar refractivity (Wildman–Crippen MR) is 80.3 cm³/mol. The minimum Gasteiger partial charge on any atom is -0.103 e. The minimum atomic E-state index is 0.619. The van der Waals surface area contributed by atoms with Crippen LogP contribution in [-0.4, -0.2) is 0 Å². The first-order valence-corrected chi connectivity index (χ1v) is 7.15. The molecule has 1 atom stereocenters. The van der Waals surface area contributed by atoms with Gasteiger partial charge in [0.25, 0.3) is 0 Å². The maximum absolute atomic E-state index is 3.87. The summed E-state index contributed by atoms with van der Waals surface area (Å²) in [6.45, 7) is 12.1. The molecule has 0 radical (unpaired) electrons. The van der Waals surface area contributed by atoms with Gasteiger partial charge in [0.15, 0.2) is 0 Å². The summed E-state index contributed by atoms with van der Waals surface area (Å²) in [6, 6.07) is 0. The lowest BCUT2D eigenvalue weighted by atomic mass is 9.95. The van der Waals surface area contributed by atoms with E-state index in [-0.39, 0.29) is 0 Å². The van der Waals surface area contributed by atoms with Gasteiger partial charge in [0, 0.05) is 0 Å². The highest BCUT2D eigenvalue weighted by Crippen LogP contribution is 2.19. The lowest BCUT2D eigenvalue weighted by Gasteiger charge is -2.10. The summed E-state index contributed by atoms with van der Waals surface area (Å²) in [4.78, 5) is 0. The fraction of sp³-hybridized carbons (Fsp3) is 0.647. The zero-order chi connectivity index (χ0) is 12.9. The molecule has 0 N–H and O–H groups in total. The first kappa shape index (κ1) is 16.2. The summed E-state index contributed by atoms with van der Waals surface area (Å²) in [5.74, 6) is 0.619. The van der Waals surface area contributed by atoms with Crippen LogP contribution in [-0.2, 0) is 0 Å². The van der Waals surface area contributed by atoms with E-state index in [4.69, 9.17) is 0 Å². The molecular formula is C17H30. The van der Waals surface area contributed by atoms with E-state index in [9.17, 15) is 0 Å². The number of hydrogen-bond acceptors (Lipinski definition) is 0. The molecule has 0 rings (SSSR count). The molecule has 0 aromatic rings. The zero-order valence-corrected chi connectivity index (χ0v) is 11.9. The molecular weight excluding hydrogens is 204 g/mol. The molecule has 1 unspecified atom stereocenters. The Morgan fingerprint density at radius 3 is 2.41 bits per heavy atom. The van der Waals surface area contributed by atoms with Gasteiger partial charge in [0.1, 0.15) is 0 Å². The van der Waals surface area contributed by atoms with Gasteiger partial charge in [-0.2, -0.15) is 0 Å². The molecule has 98 valence electrons. The quantitative estimate of drug-likeness (QED) is 0.301. The van der Waals surface area contributed by atoms with Gasteiger partial charge in [0.05, 0.1) is 0 Å². The Hall–Kier alpha value is -0.780. The molecule has 0 heteroatoms. The van der Waals surface area contributed by atoms with Crippen LogP contribution in [0, 0.1) is 5.92 Å². The third kappa shape index (κ3) is 10.1. The van der Waals surface area contributed by atoms with E-state index in [1.807, 2.05) is 6.08 Å². The molecule has 0 amide bonds. The Labute approximate surface area is 109 Å². The van der Waals surface area contributed by atoms with Crippen molar-refractivity contribution < 1.29 is 0 Å². The molecule has 0 saturated heterocycles. The van der Waals surface area contributed by atoms with Crippen molar-refractivity contribution in [3.05, 3.63) is 37.0 Å². The van der Waals surface area contributed by atoms with Crippen LogP contribution in [0.15, 0.2) is 37.0 Å². The molecule has 0 saturated carbocycles. The summed E-state index contributed by atoms with van der Waals surface area (Å²) in [5, 5.41) is 0. The van der Waals surface area contributed by atoms with Gasteiger partial charge in [-0.1, -0.05) is 50.5 Å². The van der Waals surface area contributed by atoms with Crippen molar-refractivity contribution in [2.24, 2.45) is 5.92 Å². The largest absolute Gasteiger partial charge is 0.103 e. The molecule has 17 heavy (non-hydrogen) atoms. The van der Waals surface area contributed by atoms with Gasteiger partial charge in [0.2, 0.25) is 0 Å². The fourth-order valence-electron chi connectivity index (χ4n) is 2.07. The van der Waals surface area contributed by atoms with Crippen molar-refractivity contribution in [1.82, 2.24) is 0 Å². The summed E-state index contributed by atoms with van der Waals surface area (Å²) in [5.41, 5.74) is 1.63. The molecule has 0 aliphatic heterocycles. The summed E-state index contributed by atoms with van der Waals surface area (Å²) in [7, 11) is 0. The van der Waals surface area contributed by atoms with Crippen molar-refractivity contribution in [2.75, 3.05) is 0 Å². The topological polar surface area (TPSA) is 0 Å². The van der Waals surface area contributed by atoms with E-state index in [2.05, 4.69) is 39.2 Å². The van der Waals surface area contributed by atoms with Crippen molar-refractivity contribution in [3.63, 3.8) is 0 Å². The van der Waals surface area contributed by atoms with Crippen LogP contribution in [0.1, 0.15) is 65.2 Å². The van der Waals surface area contributed by atoms with E-state index in [1.54, 1.807) is 5.57 Å². The highest BCUT2D eigenvalue weighted by atomic mass is 14.1. The monoisotopic (exact) mass is 234 g/mol. The fourth-order valence-corrected chi connectivity index (χ4v) is 2.07. The van der Waals surface area contributed by atoms with Gasteiger partial charge in [-0.15, -0.1) is 13.2 Å². The molecule has 0 spiro atoms. The maximum Gasteiger partial charge on any atom is -0.0227 e. The van der Waals surface area contributed by atoms with E-state index >= 15 is 0 Å². The normalized spacial score (nSPS) is 13.4. The molecule has 0 aliphatic carbocycles. The Balaban J connectivity index is 3.74. The van der Waals surface area contributed by atoms with Crippen LogP contribution in [0.2, 0.25) is 0 Å². The van der Waals surface area contributed by atoms with Crippen molar-refractivity contribution in [2.45, 2.75) is 65.2 Å². The average Bonchev–Trinajstić information content (AvgIpc) is 2.33. The number of rotatable bonds is 11.